The van der Waals surface area contributed by atoms with Crippen molar-refractivity contribution in [1.29, 1.82) is 0 Å². The van der Waals surface area contributed by atoms with Crippen molar-refractivity contribution in [1.82, 2.24) is 5.32 Å². The van der Waals surface area contributed by atoms with E-state index in [-0.39, 0.29) is 12.6 Å². The van der Waals surface area contributed by atoms with Crippen LogP contribution >= 0.6 is 11.6 Å². The molecule has 0 radical (unpaired) electrons. The van der Waals surface area contributed by atoms with E-state index in [2.05, 4.69) is 10.1 Å². The molecule has 6 heteroatoms. The first-order valence-corrected chi connectivity index (χ1v) is 6.31. The number of nitrogens with two attached hydrogens (primary N) is 1. The molecule has 0 spiro atoms. The number of amides is 1. The van der Waals surface area contributed by atoms with Crippen LogP contribution in [-0.4, -0.2) is 24.5 Å². The molecular formula is C13H17ClN2O3. The molecule has 0 aliphatic rings. The van der Waals surface area contributed by atoms with Crippen LogP contribution in [0.4, 0.5) is 0 Å². The van der Waals surface area contributed by atoms with Gasteiger partial charge in [0.05, 0.1) is 12.6 Å². The molecule has 0 aliphatic heterocycles. The number of hydrogen-bond acceptors (Lipinski definition) is 4. The topological polar surface area (TPSA) is 81.4 Å². The predicted molar refractivity (Wildman–Crippen MR) is 72.6 cm³/mol. The molecule has 2 atom stereocenters. The Morgan fingerprint density at radius 2 is 2.16 bits per heavy atom. The highest BCUT2D eigenvalue weighted by Gasteiger charge is 2.24. The van der Waals surface area contributed by atoms with Gasteiger partial charge in [0.2, 0.25) is 5.91 Å². The molecule has 1 aromatic rings. The number of nitrogens with one attached hydrogen (secondary N) is 1. The summed E-state index contributed by atoms with van der Waals surface area (Å²) in [6, 6.07) is 5.47. The normalized spacial score (nSPS) is 13.5. The number of esters is 1. The third-order valence-electron chi connectivity index (χ3n) is 2.53. The van der Waals surface area contributed by atoms with Gasteiger partial charge in [-0.3, -0.25) is 4.79 Å². The Bertz CT molecular complexity index is 465. The molecule has 1 rings (SSSR count). The zero-order valence-electron chi connectivity index (χ0n) is 10.9. The fourth-order valence-electron chi connectivity index (χ4n) is 1.50. The second-order valence-corrected chi connectivity index (χ2v) is 4.45. The average molecular weight is 285 g/mol. The summed E-state index contributed by atoms with van der Waals surface area (Å²) in [6.07, 6.45) is 0. The maximum atomic E-state index is 11.8. The molecule has 0 fully saturated rings. The van der Waals surface area contributed by atoms with Gasteiger partial charge >= 0.3 is 5.97 Å². The molecule has 0 aliphatic carbocycles. The molecule has 104 valence electrons. The Hall–Kier alpha value is -1.59. The zero-order valence-corrected chi connectivity index (χ0v) is 11.6. The van der Waals surface area contributed by atoms with Crippen LogP contribution in [0.2, 0.25) is 5.02 Å². The summed E-state index contributed by atoms with van der Waals surface area (Å²) in [4.78, 5) is 23.1. The fraction of sp³-hybridized carbons (Fsp3) is 0.385. The van der Waals surface area contributed by atoms with Gasteiger partial charge in [-0.2, -0.15) is 0 Å². The molecule has 1 unspecified atom stereocenters. The molecule has 3 N–H and O–H groups in total. The Balaban J connectivity index is 2.64. The summed E-state index contributed by atoms with van der Waals surface area (Å²) in [5.41, 5.74) is 6.32. The number of hydrogen-bond donors (Lipinski definition) is 2. The third-order valence-corrected chi connectivity index (χ3v) is 2.77. The van der Waals surface area contributed by atoms with Crippen LogP contribution < -0.4 is 11.1 Å². The summed E-state index contributed by atoms with van der Waals surface area (Å²) in [5.74, 6) is -1.32. The van der Waals surface area contributed by atoms with Crippen molar-refractivity contribution in [3.05, 3.63) is 34.9 Å². The minimum atomic E-state index is -1.32. The van der Waals surface area contributed by atoms with Gasteiger partial charge in [-0.25, -0.2) is 4.79 Å². The summed E-state index contributed by atoms with van der Waals surface area (Å²) >= 11 is 5.87. The molecule has 0 bridgehead atoms. The molecular weight excluding hydrogens is 268 g/mol. The number of benzene rings is 1. The van der Waals surface area contributed by atoms with E-state index in [4.69, 9.17) is 17.3 Å². The van der Waals surface area contributed by atoms with Gasteiger partial charge in [-0.1, -0.05) is 23.7 Å². The van der Waals surface area contributed by atoms with Crippen LogP contribution in [0.15, 0.2) is 24.3 Å². The Morgan fingerprint density at radius 3 is 2.74 bits per heavy atom. The molecule has 0 heterocycles. The maximum Gasteiger partial charge on any atom is 0.332 e. The molecule has 0 saturated heterocycles. The first-order chi connectivity index (χ1) is 8.95. The van der Waals surface area contributed by atoms with Crippen molar-refractivity contribution >= 4 is 23.5 Å². The molecule has 0 aromatic heterocycles. The quantitative estimate of drug-likeness (QED) is 0.633. The first kappa shape index (κ1) is 15.5. The average Bonchev–Trinajstić information content (AvgIpc) is 2.37. The zero-order chi connectivity index (χ0) is 14.4. The number of ether oxygens (including phenoxy) is 1. The second-order valence-electron chi connectivity index (χ2n) is 4.02. The molecule has 1 aromatic carbocycles. The van der Waals surface area contributed by atoms with E-state index in [1.54, 1.807) is 32.0 Å². The minimum absolute atomic E-state index is 0.184. The van der Waals surface area contributed by atoms with Crippen LogP contribution in [0.5, 0.6) is 0 Å². The lowest BCUT2D eigenvalue weighted by atomic mass is 10.1. The minimum Gasteiger partial charge on any atom is -0.464 e. The van der Waals surface area contributed by atoms with Crippen molar-refractivity contribution in [2.75, 3.05) is 6.61 Å². The Kier molecular flexibility index (Phi) is 5.79. The molecule has 1 amide bonds. The highest BCUT2D eigenvalue weighted by atomic mass is 35.5. The van der Waals surface area contributed by atoms with E-state index < -0.39 is 17.9 Å². The van der Waals surface area contributed by atoms with E-state index in [1.807, 2.05) is 6.07 Å². The highest BCUT2D eigenvalue weighted by Crippen LogP contribution is 2.17. The SMILES string of the molecule is CCOC(=O)C(N)C(=O)N[C@H](C)c1cccc(Cl)c1. The van der Waals surface area contributed by atoms with Gasteiger partial charge in [-0.15, -0.1) is 0 Å². The summed E-state index contributed by atoms with van der Waals surface area (Å²) in [6.45, 7) is 3.61. The van der Waals surface area contributed by atoms with Gasteiger partial charge in [-0.05, 0) is 31.5 Å². The van der Waals surface area contributed by atoms with E-state index in [1.165, 1.54) is 0 Å². The number of rotatable bonds is 5. The predicted octanol–water partition coefficient (Wildman–Crippen LogP) is 1.41. The van der Waals surface area contributed by atoms with Crippen LogP contribution in [0.25, 0.3) is 0 Å². The largest absolute Gasteiger partial charge is 0.464 e. The van der Waals surface area contributed by atoms with Crippen molar-refractivity contribution in [2.45, 2.75) is 25.9 Å². The van der Waals surface area contributed by atoms with Gasteiger partial charge in [0.15, 0.2) is 6.04 Å². The van der Waals surface area contributed by atoms with Gasteiger partial charge in [0, 0.05) is 5.02 Å². The monoisotopic (exact) mass is 284 g/mol. The summed E-state index contributed by atoms with van der Waals surface area (Å²) in [7, 11) is 0. The lowest BCUT2D eigenvalue weighted by Gasteiger charge is -2.17. The Morgan fingerprint density at radius 1 is 1.47 bits per heavy atom. The van der Waals surface area contributed by atoms with Crippen LogP contribution in [-0.2, 0) is 14.3 Å². The third kappa shape index (κ3) is 4.54. The molecule has 0 saturated carbocycles. The molecule has 19 heavy (non-hydrogen) atoms. The number of halogens is 1. The van der Waals surface area contributed by atoms with Crippen molar-refractivity contribution < 1.29 is 14.3 Å². The summed E-state index contributed by atoms with van der Waals surface area (Å²) < 4.78 is 4.69. The van der Waals surface area contributed by atoms with Crippen LogP contribution in [0.3, 0.4) is 0 Å². The van der Waals surface area contributed by atoms with Crippen molar-refractivity contribution in [3.8, 4) is 0 Å². The van der Waals surface area contributed by atoms with E-state index in [0.717, 1.165) is 5.56 Å². The number of carbonyl (C=O) groups excluding carboxylic acids is 2. The smallest absolute Gasteiger partial charge is 0.332 e. The summed E-state index contributed by atoms with van der Waals surface area (Å²) in [5, 5.41) is 3.22. The van der Waals surface area contributed by atoms with Crippen LogP contribution in [0.1, 0.15) is 25.5 Å². The lowest BCUT2D eigenvalue weighted by molar-refractivity contribution is -0.148. The van der Waals surface area contributed by atoms with Gasteiger partial charge in [0.1, 0.15) is 0 Å². The van der Waals surface area contributed by atoms with E-state index in [9.17, 15) is 9.59 Å². The van der Waals surface area contributed by atoms with Crippen molar-refractivity contribution in [2.24, 2.45) is 5.73 Å². The lowest BCUT2D eigenvalue weighted by Crippen LogP contribution is -2.47. The number of carbonyl (C=O) groups is 2. The first-order valence-electron chi connectivity index (χ1n) is 5.93. The molecule has 5 nitrogen and oxygen atoms in total. The Labute approximate surface area is 117 Å². The second kappa shape index (κ2) is 7.11. The van der Waals surface area contributed by atoms with Gasteiger partial charge < -0.3 is 15.8 Å². The fourth-order valence-corrected chi connectivity index (χ4v) is 1.70. The van der Waals surface area contributed by atoms with E-state index in [0.29, 0.717) is 5.02 Å². The van der Waals surface area contributed by atoms with Crippen molar-refractivity contribution in [3.63, 3.8) is 0 Å². The van der Waals surface area contributed by atoms with E-state index >= 15 is 0 Å². The maximum absolute atomic E-state index is 11.8. The van der Waals surface area contributed by atoms with Crippen LogP contribution in [0, 0.1) is 0 Å². The van der Waals surface area contributed by atoms with Gasteiger partial charge in [0.25, 0.3) is 0 Å². The highest BCUT2D eigenvalue weighted by molar-refractivity contribution is 6.30. The standard InChI is InChI=1S/C13H17ClN2O3/c1-3-19-13(18)11(15)12(17)16-8(2)9-5-4-6-10(14)7-9/h4-8,11H,3,15H2,1-2H3,(H,16,17)/t8-,11?/m1/s1.